The number of rotatable bonds is 2. The van der Waals surface area contributed by atoms with E-state index in [4.69, 9.17) is 4.74 Å². The number of nitrogens with one attached hydrogen (secondary N) is 1. The first-order valence-electron chi connectivity index (χ1n) is 5.91. The van der Waals surface area contributed by atoms with E-state index in [1.807, 2.05) is 18.2 Å². The molecule has 1 aliphatic carbocycles. The molecule has 0 aromatic carbocycles. The Balaban J connectivity index is 2.59. The molecule has 4 nitrogen and oxygen atoms in total. The summed E-state index contributed by atoms with van der Waals surface area (Å²) >= 11 is 0. The van der Waals surface area contributed by atoms with E-state index in [2.05, 4.69) is 4.98 Å². The van der Waals surface area contributed by atoms with Gasteiger partial charge < -0.3 is 9.72 Å². The number of allylic oxidation sites excluding steroid dienone is 3. The highest BCUT2D eigenvalue weighted by molar-refractivity contribution is 5.89. The molecule has 94 valence electrons. The van der Waals surface area contributed by atoms with Crippen LogP contribution in [0.25, 0.3) is 6.08 Å². The zero-order chi connectivity index (χ0) is 13.1. The van der Waals surface area contributed by atoms with Crippen LogP contribution >= 0.6 is 0 Å². The molecule has 0 bridgehead atoms. The van der Waals surface area contributed by atoms with Crippen molar-refractivity contribution in [2.45, 2.75) is 20.3 Å². The SMILES string of the molecule is CCOC(=O)c1[nH]c2c(c(=O)c1C)CC=CC=C2. The lowest BCUT2D eigenvalue weighted by atomic mass is 10.0. The van der Waals surface area contributed by atoms with Gasteiger partial charge in [0, 0.05) is 16.8 Å². The van der Waals surface area contributed by atoms with E-state index in [1.165, 1.54) is 0 Å². The molecule has 0 amide bonds. The molecule has 1 aromatic rings. The minimum absolute atomic E-state index is 0.0944. The Morgan fingerprint density at radius 3 is 2.94 bits per heavy atom. The van der Waals surface area contributed by atoms with Gasteiger partial charge in [-0.05, 0) is 26.3 Å². The van der Waals surface area contributed by atoms with Gasteiger partial charge in [0.1, 0.15) is 5.69 Å². The van der Waals surface area contributed by atoms with Crippen molar-refractivity contribution in [1.29, 1.82) is 0 Å². The summed E-state index contributed by atoms with van der Waals surface area (Å²) in [6.07, 6.45) is 8.00. The first-order chi connectivity index (χ1) is 8.65. The number of hydrogen-bond donors (Lipinski definition) is 1. The second kappa shape index (κ2) is 5.04. The normalized spacial score (nSPS) is 13.0. The van der Waals surface area contributed by atoms with Crippen LogP contribution in [-0.4, -0.2) is 17.6 Å². The average molecular weight is 245 g/mol. The zero-order valence-corrected chi connectivity index (χ0v) is 10.4. The van der Waals surface area contributed by atoms with Crippen molar-refractivity contribution < 1.29 is 9.53 Å². The molecule has 1 N–H and O–H groups in total. The molecule has 0 atom stereocenters. The lowest BCUT2D eigenvalue weighted by Gasteiger charge is -2.10. The predicted octanol–water partition coefficient (Wildman–Crippen LogP) is 1.99. The Morgan fingerprint density at radius 1 is 1.44 bits per heavy atom. The third-order valence-electron chi connectivity index (χ3n) is 2.89. The van der Waals surface area contributed by atoms with E-state index < -0.39 is 5.97 Å². The Labute approximate surface area is 105 Å². The van der Waals surface area contributed by atoms with Gasteiger partial charge >= 0.3 is 5.97 Å². The van der Waals surface area contributed by atoms with Crippen molar-refractivity contribution in [1.82, 2.24) is 4.98 Å². The highest BCUT2D eigenvalue weighted by Crippen LogP contribution is 2.13. The summed E-state index contributed by atoms with van der Waals surface area (Å²) in [4.78, 5) is 27.0. The monoisotopic (exact) mass is 245 g/mol. The Bertz CT molecular complexity index is 594. The molecular weight excluding hydrogens is 230 g/mol. The smallest absolute Gasteiger partial charge is 0.355 e. The van der Waals surface area contributed by atoms with Gasteiger partial charge in [-0.25, -0.2) is 4.79 Å². The molecule has 18 heavy (non-hydrogen) atoms. The van der Waals surface area contributed by atoms with E-state index in [0.29, 0.717) is 23.2 Å². The van der Waals surface area contributed by atoms with Gasteiger partial charge in [0.2, 0.25) is 0 Å². The molecule has 0 saturated heterocycles. The van der Waals surface area contributed by atoms with Crippen molar-refractivity contribution >= 4 is 12.0 Å². The first-order valence-corrected chi connectivity index (χ1v) is 5.91. The fourth-order valence-corrected chi connectivity index (χ4v) is 1.93. The summed E-state index contributed by atoms with van der Waals surface area (Å²) in [7, 11) is 0. The van der Waals surface area contributed by atoms with Gasteiger partial charge in [-0.15, -0.1) is 0 Å². The van der Waals surface area contributed by atoms with Crippen LogP contribution in [0.4, 0.5) is 0 Å². The van der Waals surface area contributed by atoms with Crippen LogP contribution in [0.3, 0.4) is 0 Å². The van der Waals surface area contributed by atoms with Crippen molar-refractivity contribution in [3.05, 3.63) is 51.0 Å². The Hall–Kier alpha value is -2.10. The molecule has 1 aromatic heterocycles. The summed E-state index contributed by atoms with van der Waals surface area (Å²) < 4.78 is 4.94. The number of carbonyl (C=O) groups is 1. The summed E-state index contributed by atoms with van der Waals surface area (Å²) in [6, 6.07) is 0. The molecule has 0 fully saturated rings. The van der Waals surface area contributed by atoms with E-state index in [1.54, 1.807) is 19.9 Å². The molecule has 0 unspecified atom stereocenters. The van der Waals surface area contributed by atoms with E-state index in [0.717, 1.165) is 0 Å². The molecule has 4 heteroatoms. The van der Waals surface area contributed by atoms with Crippen LogP contribution in [0.2, 0.25) is 0 Å². The van der Waals surface area contributed by atoms with Crippen molar-refractivity contribution in [3.8, 4) is 0 Å². The Morgan fingerprint density at radius 2 is 2.22 bits per heavy atom. The van der Waals surface area contributed by atoms with E-state index >= 15 is 0 Å². The number of carbonyl (C=O) groups excluding carboxylic acids is 1. The summed E-state index contributed by atoms with van der Waals surface area (Å²) in [5, 5.41) is 0. The number of fused-ring (bicyclic) bond motifs is 1. The number of ether oxygens (including phenoxy) is 1. The zero-order valence-electron chi connectivity index (χ0n) is 10.4. The van der Waals surface area contributed by atoms with Gasteiger partial charge in [-0.3, -0.25) is 4.79 Å². The molecule has 0 aliphatic heterocycles. The number of aromatic nitrogens is 1. The quantitative estimate of drug-likeness (QED) is 0.810. The van der Waals surface area contributed by atoms with Crippen molar-refractivity contribution in [2.75, 3.05) is 6.61 Å². The van der Waals surface area contributed by atoms with Gasteiger partial charge in [0.15, 0.2) is 5.43 Å². The van der Waals surface area contributed by atoms with Crippen LogP contribution in [0, 0.1) is 6.92 Å². The third-order valence-corrected chi connectivity index (χ3v) is 2.89. The molecule has 1 aliphatic rings. The molecule has 0 radical (unpaired) electrons. The van der Waals surface area contributed by atoms with Crippen LogP contribution < -0.4 is 5.43 Å². The van der Waals surface area contributed by atoms with E-state index in [-0.39, 0.29) is 17.7 Å². The second-order valence-corrected chi connectivity index (χ2v) is 4.06. The number of hydrogen-bond acceptors (Lipinski definition) is 3. The minimum atomic E-state index is -0.486. The van der Waals surface area contributed by atoms with E-state index in [9.17, 15) is 9.59 Å². The lowest BCUT2D eigenvalue weighted by Crippen LogP contribution is -2.21. The van der Waals surface area contributed by atoms with Gasteiger partial charge in [-0.1, -0.05) is 18.2 Å². The summed E-state index contributed by atoms with van der Waals surface area (Å²) in [6.45, 7) is 3.66. The van der Waals surface area contributed by atoms with Gasteiger partial charge in [0.25, 0.3) is 0 Å². The molecule has 2 rings (SSSR count). The lowest BCUT2D eigenvalue weighted by molar-refractivity contribution is 0.0518. The Kier molecular flexibility index (Phi) is 3.46. The standard InChI is InChI=1S/C14H15NO3/c1-3-18-14(17)12-9(2)13(16)10-7-5-4-6-8-11(10)15-12/h4-6,8H,3,7H2,1-2H3,(H,15,16). The number of pyridine rings is 1. The molecule has 1 heterocycles. The second-order valence-electron chi connectivity index (χ2n) is 4.06. The van der Waals surface area contributed by atoms with Crippen LogP contribution in [0.15, 0.2) is 23.0 Å². The fourth-order valence-electron chi connectivity index (χ4n) is 1.93. The predicted molar refractivity (Wildman–Crippen MR) is 69.6 cm³/mol. The molecule has 0 saturated carbocycles. The topological polar surface area (TPSA) is 59.2 Å². The van der Waals surface area contributed by atoms with Crippen LogP contribution in [0.5, 0.6) is 0 Å². The highest BCUT2D eigenvalue weighted by Gasteiger charge is 2.18. The largest absolute Gasteiger partial charge is 0.461 e. The summed E-state index contributed by atoms with van der Waals surface area (Å²) in [5.41, 5.74) is 1.93. The highest BCUT2D eigenvalue weighted by atomic mass is 16.5. The fraction of sp³-hybridized carbons (Fsp3) is 0.286. The maximum absolute atomic E-state index is 12.2. The van der Waals surface area contributed by atoms with Crippen molar-refractivity contribution in [3.63, 3.8) is 0 Å². The van der Waals surface area contributed by atoms with Gasteiger partial charge in [-0.2, -0.15) is 0 Å². The van der Waals surface area contributed by atoms with Crippen LogP contribution in [0.1, 0.15) is 34.2 Å². The van der Waals surface area contributed by atoms with Gasteiger partial charge in [0.05, 0.1) is 6.61 Å². The average Bonchev–Trinajstić information content (AvgIpc) is 2.59. The van der Waals surface area contributed by atoms with Crippen molar-refractivity contribution in [2.24, 2.45) is 0 Å². The maximum atomic E-state index is 12.2. The minimum Gasteiger partial charge on any atom is -0.461 e. The number of H-pyrrole nitrogens is 1. The molecule has 0 spiro atoms. The number of esters is 1. The van der Waals surface area contributed by atoms with Crippen LogP contribution in [-0.2, 0) is 11.2 Å². The maximum Gasteiger partial charge on any atom is 0.355 e. The molecular formula is C14H15NO3. The summed E-state index contributed by atoms with van der Waals surface area (Å²) in [5.74, 6) is -0.486. The first kappa shape index (κ1) is 12.4. The third kappa shape index (κ3) is 2.14. The number of aromatic amines is 1.